The summed E-state index contributed by atoms with van der Waals surface area (Å²) in [4.78, 5) is 10.6. The molecule has 0 bridgehead atoms. The van der Waals surface area contributed by atoms with Crippen LogP contribution in [0.1, 0.15) is 0 Å². The van der Waals surface area contributed by atoms with E-state index in [1.807, 2.05) is 0 Å². The van der Waals surface area contributed by atoms with E-state index in [0.717, 1.165) is 6.04 Å². The number of carbonyl (C=O) groups is 1. The van der Waals surface area contributed by atoms with Gasteiger partial charge in [0.15, 0.2) is 0 Å². The van der Waals surface area contributed by atoms with Crippen LogP contribution in [0.4, 0.5) is 0 Å². The fourth-order valence-electron chi connectivity index (χ4n) is 0.925. The molecule has 0 aromatic carbocycles. The molecule has 0 aliphatic carbocycles. The molecule has 3 nitrogen and oxygen atoms in total. The van der Waals surface area contributed by atoms with Gasteiger partial charge in [-0.15, -0.1) is 0 Å². The van der Waals surface area contributed by atoms with Crippen molar-refractivity contribution in [1.82, 2.24) is 5.32 Å². The summed E-state index contributed by atoms with van der Waals surface area (Å²) >= 11 is 0. The Morgan fingerprint density at radius 3 is 2.09 bits per heavy atom. The Labute approximate surface area is 68.8 Å². The van der Waals surface area contributed by atoms with Crippen molar-refractivity contribution in [2.45, 2.75) is 31.7 Å². The molecule has 0 fully saturated rings. The molecule has 11 heavy (non-hydrogen) atoms. The number of carboxylic acid groups (broad SMARTS) is 1. The second kappa shape index (κ2) is 3.87. The van der Waals surface area contributed by atoms with E-state index in [9.17, 15) is 4.79 Å². The minimum absolute atomic E-state index is 0.360. The van der Waals surface area contributed by atoms with Crippen molar-refractivity contribution in [2.75, 3.05) is 7.05 Å². The highest BCUT2D eigenvalue weighted by atomic mass is 28.3. The Hall–Kier alpha value is -0.353. The lowest BCUT2D eigenvalue weighted by Gasteiger charge is -2.20. The van der Waals surface area contributed by atoms with Crippen molar-refractivity contribution < 1.29 is 9.90 Å². The zero-order valence-electron chi connectivity index (χ0n) is 7.64. The Kier molecular flexibility index (Phi) is 3.75. The van der Waals surface area contributed by atoms with Gasteiger partial charge < -0.3 is 10.4 Å². The maximum atomic E-state index is 10.6. The number of hydrogen-bond donors (Lipinski definition) is 2. The molecule has 0 heterocycles. The van der Waals surface area contributed by atoms with Crippen LogP contribution >= 0.6 is 0 Å². The van der Waals surface area contributed by atoms with Crippen LogP contribution in [0.15, 0.2) is 0 Å². The average Bonchev–Trinajstić information content (AvgIpc) is 1.80. The van der Waals surface area contributed by atoms with Crippen LogP contribution in [0.25, 0.3) is 0 Å². The number of rotatable bonds is 4. The quantitative estimate of drug-likeness (QED) is 0.627. The van der Waals surface area contributed by atoms with Gasteiger partial charge in [-0.05, 0) is 13.1 Å². The van der Waals surface area contributed by atoms with Gasteiger partial charge in [0.2, 0.25) is 0 Å². The average molecular weight is 175 g/mol. The molecule has 4 heteroatoms. The van der Waals surface area contributed by atoms with Crippen molar-refractivity contribution in [3.63, 3.8) is 0 Å². The van der Waals surface area contributed by atoms with Crippen LogP contribution in [0.2, 0.25) is 25.7 Å². The maximum absolute atomic E-state index is 10.6. The summed E-state index contributed by atoms with van der Waals surface area (Å²) in [7, 11) is 0.446. The zero-order valence-corrected chi connectivity index (χ0v) is 8.64. The Balaban J connectivity index is 3.99. The highest BCUT2D eigenvalue weighted by Gasteiger charge is 2.23. The van der Waals surface area contributed by atoms with Gasteiger partial charge in [0, 0.05) is 8.07 Å². The van der Waals surface area contributed by atoms with E-state index in [2.05, 4.69) is 25.0 Å². The first-order valence-corrected chi connectivity index (χ1v) is 7.47. The molecule has 0 rings (SSSR count). The van der Waals surface area contributed by atoms with Crippen molar-refractivity contribution in [3.8, 4) is 0 Å². The molecule has 0 saturated heterocycles. The SMILES string of the molecule is CNC(C[Si](C)(C)C)C(=O)O. The summed E-state index contributed by atoms with van der Waals surface area (Å²) in [6.07, 6.45) is 0. The zero-order chi connectivity index (χ0) is 9.07. The van der Waals surface area contributed by atoms with E-state index in [1.165, 1.54) is 0 Å². The summed E-state index contributed by atoms with van der Waals surface area (Å²) in [5.41, 5.74) is 0. The molecule has 0 spiro atoms. The molecule has 0 amide bonds. The molecule has 0 radical (unpaired) electrons. The van der Waals surface area contributed by atoms with Gasteiger partial charge >= 0.3 is 5.97 Å². The summed E-state index contributed by atoms with van der Waals surface area (Å²) in [5, 5.41) is 11.5. The van der Waals surface area contributed by atoms with Crippen LogP contribution in [0, 0.1) is 0 Å². The Morgan fingerprint density at radius 1 is 1.55 bits per heavy atom. The normalized spacial score (nSPS) is 14.5. The molecule has 1 unspecified atom stereocenters. The standard InChI is InChI=1S/C7H17NO2Si/c1-8-6(7(9)10)5-11(2,3)4/h6,8H,5H2,1-4H3,(H,9,10). The van der Waals surface area contributed by atoms with Gasteiger partial charge in [0.05, 0.1) is 0 Å². The molecule has 0 saturated carbocycles. The largest absolute Gasteiger partial charge is 0.480 e. The second-order valence-electron chi connectivity index (χ2n) is 3.94. The third-order valence-corrected chi connectivity index (χ3v) is 3.10. The van der Waals surface area contributed by atoms with Gasteiger partial charge in [0.1, 0.15) is 6.04 Å². The van der Waals surface area contributed by atoms with Crippen molar-refractivity contribution in [3.05, 3.63) is 0 Å². The molecular weight excluding hydrogens is 158 g/mol. The second-order valence-corrected chi connectivity index (χ2v) is 9.47. The van der Waals surface area contributed by atoms with Crippen LogP contribution in [-0.2, 0) is 4.79 Å². The fourth-order valence-corrected chi connectivity index (χ4v) is 2.53. The topological polar surface area (TPSA) is 49.3 Å². The first-order chi connectivity index (χ1) is 4.87. The first kappa shape index (κ1) is 10.6. The van der Waals surface area contributed by atoms with Gasteiger partial charge in [-0.1, -0.05) is 19.6 Å². The number of hydrogen-bond acceptors (Lipinski definition) is 2. The summed E-state index contributed by atoms with van der Waals surface area (Å²) in [6.45, 7) is 6.50. The third-order valence-electron chi connectivity index (χ3n) is 1.46. The Morgan fingerprint density at radius 2 is 2.00 bits per heavy atom. The highest BCUT2D eigenvalue weighted by Crippen LogP contribution is 2.11. The lowest BCUT2D eigenvalue weighted by atomic mass is 10.3. The summed E-state index contributed by atoms with van der Waals surface area (Å²) < 4.78 is 0. The van der Waals surface area contributed by atoms with Crippen LogP contribution in [0.5, 0.6) is 0 Å². The lowest BCUT2D eigenvalue weighted by Crippen LogP contribution is -2.40. The smallest absolute Gasteiger partial charge is 0.320 e. The number of nitrogens with one attached hydrogen (secondary N) is 1. The molecule has 1 atom stereocenters. The summed E-state index contributed by atoms with van der Waals surface area (Å²) in [6, 6.07) is 0.431. The van der Waals surface area contributed by atoms with Crippen LogP contribution in [-0.4, -0.2) is 32.2 Å². The molecule has 0 aromatic rings. The van der Waals surface area contributed by atoms with Gasteiger partial charge in [-0.25, -0.2) is 0 Å². The molecule has 0 aliphatic heterocycles. The van der Waals surface area contributed by atoms with Crippen LogP contribution < -0.4 is 5.32 Å². The summed E-state index contributed by atoms with van der Waals surface area (Å²) in [5.74, 6) is -0.741. The van der Waals surface area contributed by atoms with Crippen molar-refractivity contribution in [2.24, 2.45) is 0 Å². The van der Waals surface area contributed by atoms with E-state index in [4.69, 9.17) is 5.11 Å². The predicted octanol–water partition coefficient (Wildman–Crippen LogP) is 0.997. The molecule has 2 N–H and O–H groups in total. The minimum Gasteiger partial charge on any atom is -0.480 e. The number of aliphatic carboxylic acids is 1. The van der Waals surface area contributed by atoms with E-state index >= 15 is 0 Å². The molecule has 0 aromatic heterocycles. The third kappa shape index (κ3) is 4.98. The van der Waals surface area contributed by atoms with E-state index in [-0.39, 0.29) is 6.04 Å². The van der Waals surface area contributed by atoms with E-state index in [0.29, 0.717) is 0 Å². The lowest BCUT2D eigenvalue weighted by molar-refractivity contribution is -0.138. The fraction of sp³-hybridized carbons (Fsp3) is 0.857. The van der Waals surface area contributed by atoms with E-state index < -0.39 is 14.0 Å². The predicted molar refractivity (Wildman–Crippen MR) is 48.6 cm³/mol. The molecule has 0 aliphatic rings. The van der Waals surface area contributed by atoms with Gasteiger partial charge in [0.25, 0.3) is 0 Å². The van der Waals surface area contributed by atoms with Gasteiger partial charge in [-0.3, -0.25) is 4.79 Å². The molecule has 66 valence electrons. The maximum Gasteiger partial charge on any atom is 0.320 e. The highest BCUT2D eigenvalue weighted by molar-refractivity contribution is 6.76. The number of likely N-dealkylation sites (N-methyl/N-ethyl adjacent to an activating group) is 1. The minimum atomic E-state index is -1.25. The monoisotopic (exact) mass is 175 g/mol. The number of carboxylic acids is 1. The van der Waals surface area contributed by atoms with E-state index in [1.54, 1.807) is 7.05 Å². The Bertz CT molecular complexity index is 142. The van der Waals surface area contributed by atoms with Crippen molar-refractivity contribution in [1.29, 1.82) is 0 Å². The van der Waals surface area contributed by atoms with Crippen LogP contribution in [0.3, 0.4) is 0 Å². The van der Waals surface area contributed by atoms with Crippen molar-refractivity contribution >= 4 is 14.0 Å². The van der Waals surface area contributed by atoms with Gasteiger partial charge in [-0.2, -0.15) is 0 Å². The first-order valence-electron chi connectivity index (χ1n) is 3.77. The molecular formula is C7H17NO2Si.